The van der Waals surface area contributed by atoms with Gasteiger partial charge >= 0.3 is 5.97 Å². The molecule has 3 rings (SSSR count). The van der Waals surface area contributed by atoms with Gasteiger partial charge in [0.15, 0.2) is 0 Å². The molecule has 0 radical (unpaired) electrons. The van der Waals surface area contributed by atoms with Crippen LogP contribution < -0.4 is 0 Å². The Labute approximate surface area is 122 Å². The van der Waals surface area contributed by atoms with Crippen LogP contribution in [0.1, 0.15) is 21.6 Å². The van der Waals surface area contributed by atoms with E-state index in [1.54, 1.807) is 24.3 Å². The Bertz CT molecular complexity index is 820. The van der Waals surface area contributed by atoms with E-state index in [2.05, 4.69) is 4.98 Å². The smallest absolute Gasteiger partial charge is 0.335 e. The monoisotopic (exact) mass is 275 g/mol. The lowest BCUT2D eigenvalue weighted by molar-refractivity contribution is 0.0697. The first-order chi connectivity index (χ1) is 10.2. The van der Waals surface area contributed by atoms with Crippen LogP contribution >= 0.6 is 0 Å². The Morgan fingerprint density at radius 2 is 1.67 bits per heavy atom. The molecule has 3 nitrogen and oxygen atoms in total. The minimum Gasteiger partial charge on any atom is -0.478 e. The van der Waals surface area contributed by atoms with Gasteiger partial charge in [0.05, 0.1) is 16.8 Å². The highest BCUT2D eigenvalue weighted by molar-refractivity contribution is 5.88. The molecule has 0 amide bonds. The first-order valence-electron chi connectivity index (χ1n) is 6.60. The number of fused-ring (bicyclic) bond motifs is 1. The van der Waals surface area contributed by atoms with E-state index in [0.29, 0.717) is 0 Å². The van der Waals surface area contributed by atoms with Gasteiger partial charge in [0.25, 0.3) is 0 Å². The van der Waals surface area contributed by atoms with Gasteiger partial charge in [-0.05, 0) is 35.9 Å². The summed E-state index contributed by atoms with van der Waals surface area (Å²) in [6, 6.07) is 18.7. The van der Waals surface area contributed by atoms with Crippen molar-refractivity contribution in [2.75, 3.05) is 0 Å². The van der Waals surface area contributed by atoms with E-state index in [4.69, 9.17) is 5.11 Å². The molecule has 3 aromatic rings. The second-order valence-electron chi connectivity index (χ2n) is 4.69. The van der Waals surface area contributed by atoms with Crippen LogP contribution in [0.3, 0.4) is 0 Å². The van der Waals surface area contributed by atoms with E-state index >= 15 is 0 Å². The fraction of sp³-hybridized carbons (Fsp3) is 0. The Balaban J connectivity index is 1.85. The van der Waals surface area contributed by atoms with Crippen molar-refractivity contribution in [1.82, 2.24) is 4.98 Å². The maximum atomic E-state index is 10.8. The van der Waals surface area contributed by atoms with E-state index in [9.17, 15) is 4.79 Å². The van der Waals surface area contributed by atoms with Crippen molar-refractivity contribution in [1.29, 1.82) is 0 Å². The van der Waals surface area contributed by atoms with Crippen LogP contribution in [0.5, 0.6) is 0 Å². The van der Waals surface area contributed by atoms with Crippen molar-refractivity contribution in [2.45, 2.75) is 0 Å². The van der Waals surface area contributed by atoms with E-state index in [0.717, 1.165) is 22.2 Å². The molecular formula is C18H13NO2. The second kappa shape index (κ2) is 5.59. The topological polar surface area (TPSA) is 50.2 Å². The number of para-hydroxylation sites is 1. The molecule has 21 heavy (non-hydrogen) atoms. The van der Waals surface area contributed by atoms with Crippen LogP contribution in [0.15, 0.2) is 60.7 Å². The number of nitrogens with zero attached hydrogens (tertiary/aromatic N) is 1. The molecule has 0 saturated carbocycles. The Morgan fingerprint density at radius 3 is 2.43 bits per heavy atom. The van der Waals surface area contributed by atoms with Crippen LogP contribution in [0.25, 0.3) is 23.1 Å². The zero-order valence-corrected chi connectivity index (χ0v) is 11.2. The van der Waals surface area contributed by atoms with Gasteiger partial charge in [0, 0.05) is 5.39 Å². The number of pyridine rings is 1. The van der Waals surface area contributed by atoms with Crippen molar-refractivity contribution >= 4 is 29.0 Å². The number of benzene rings is 2. The van der Waals surface area contributed by atoms with Crippen molar-refractivity contribution in [3.8, 4) is 0 Å². The minimum atomic E-state index is -0.915. The Hall–Kier alpha value is -2.94. The number of carboxylic acids is 1. The summed E-state index contributed by atoms with van der Waals surface area (Å²) in [6.07, 6.45) is 3.84. The highest BCUT2D eigenvalue weighted by Crippen LogP contribution is 2.14. The molecule has 0 unspecified atom stereocenters. The molecule has 0 aliphatic heterocycles. The van der Waals surface area contributed by atoms with E-state index in [1.807, 2.05) is 48.6 Å². The SMILES string of the molecule is O=C(O)c1ccc(/C=C\c2ccc3ccccc3n2)cc1. The van der Waals surface area contributed by atoms with Gasteiger partial charge in [-0.15, -0.1) is 0 Å². The van der Waals surface area contributed by atoms with Gasteiger partial charge in [-0.25, -0.2) is 9.78 Å². The summed E-state index contributed by atoms with van der Waals surface area (Å²) < 4.78 is 0. The fourth-order valence-corrected chi connectivity index (χ4v) is 2.09. The number of hydrogen-bond acceptors (Lipinski definition) is 2. The highest BCUT2D eigenvalue weighted by Gasteiger charge is 2.00. The van der Waals surface area contributed by atoms with Gasteiger partial charge in [0.1, 0.15) is 0 Å². The number of aromatic carboxylic acids is 1. The number of aromatic nitrogens is 1. The Morgan fingerprint density at radius 1 is 0.905 bits per heavy atom. The zero-order valence-electron chi connectivity index (χ0n) is 11.2. The third-order valence-electron chi connectivity index (χ3n) is 3.22. The molecule has 0 aliphatic rings. The fourth-order valence-electron chi connectivity index (χ4n) is 2.09. The largest absolute Gasteiger partial charge is 0.478 e. The average molecular weight is 275 g/mol. The van der Waals surface area contributed by atoms with Gasteiger partial charge < -0.3 is 5.11 Å². The summed E-state index contributed by atoms with van der Waals surface area (Å²) >= 11 is 0. The molecule has 0 spiro atoms. The molecule has 1 aromatic heterocycles. The molecule has 3 heteroatoms. The number of hydrogen-bond donors (Lipinski definition) is 1. The number of carboxylic acid groups (broad SMARTS) is 1. The highest BCUT2D eigenvalue weighted by atomic mass is 16.4. The molecule has 102 valence electrons. The lowest BCUT2D eigenvalue weighted by Gasteiger charge is -1.99. The van der Waals surface area contributed by atoms with Crippen molar-refractivity contribution in [3.63, 3.8) is 0 Å². The molecule has 0 bridgehead atoms. The zero-order chi connectivity index (χ0) is 14.7. The van der Waals surface area contributed by atoms with Crippen molar-refractivity contribution < 1.29 is 9.90 Å². The third kappa shape index (κ3) is 2.98. The van der Waals surface area contributed by atoms with E-state index in [1.165, 1.54) is 0 Å². The summed E-state index contributed by atoms with van der Waals surface area (Å²) in [5, 5.41) is 9.97. The molecule has 1 heterocycles. The van der Waals surface area contributed by atoms with Gasteiger partial charge in [0.2, 0.25) is 0 Å². The molecule has 0 aliphatic carbocycles. The molecule has 0 atom stereocenters. The maximum Gasteiger partial charge on any atom is 0.335 e. The summed E-state index contributed by atoms with van der Waals surface area (Å²) in [7, 11) is 0. The first kappa shape index (κ1) is 13.1. The van der Waals surface area contributed by atoms with Gasteiger partial charge in [-0.3, -0.25) is 0 Å². The standard InChI is InChI=1S/C18H13NO2/c20-18(21)15-8-5-13(6-9-15)7-11-16-12-10-14-3-1-2-4-17(14)19-16/h1-12H,(H,20,21)/b11-7-. The minimum absolute atomic E-state index is 0.288. The van der Waals surface area contributed by atoms with Crippen LogP contribution in [-0.4, -0.2) is 16.1 Å². The lowest BCUT2D eigenvalue weighted by Crippen LogP contribution is -1.94. The lowest BCUT2D eigenvalue weighted by atomic mass is 10.1. The normalized spacial score (nSPS) is 11.0. The summed E-state index contributed by atoms with van der Waals surface area (Å²) in [5.74, 6) is -0.915. The second-order valence-corrected chi connectivity index (χ2v) is 4.69. The summed E-state index contributed by atoms with van der Waals surface area (Å²) in [5.41, 5.74) is 3.06. The third-order valence-corrected chi connectivity index (χ3v) is 3.22. The van der Waals surface area contributed by atoms with Crippen LogP contribution in [0.2, 0.25) is 0 Å². The quantitative estimate of drug-likeness (QED) is 0.782. The van der Waals surface area contributed by atoms with E-state index < -0.39 is 5.97 Å². The molecule has 0 saturated heterocycles. The molecule has 2 aromatic carbocycles. The van der Waals surface area contributed by atoms with Crippen LogP contribution in [0.4, 0.5) is 0 Å². The average Bonchev–Trinajstić information content (AvgIpc) is 2.53. The first-order valence-corrected chi connectivity index (χ1v) is 6.60. The summed E-state index contributed by atoms with van der Waals surface area (Å²) in [4.78, 5) is 15.3. The predicted molar refractivity (Wildman–Crippen MR) is 84.1 cm³/mol. The molecule has 0 fully saturated rings. The van der Waals surface area contributed by atoms with Crippen LogP contribution in [-0.2, 0) is 0 Å². The number of carbonyl (C=O) groups is 1. The molecular weight excluding hydrogens is 262 g/mol. The summed E-state index contributed by atoms with van der Waals surface area (Å²) in [6.45, 7) is 0. The molecule has 1 N–H and O–H groups in total. The van der Waals surface area contributed by atoms with Crippen molar-refractivity contribution in [2.24, 2.45) is 0 Å². The van der Waals surface area contributed by atoms with E-state index in [-0.39, 0.29) is 5.56 Å². The van der Waals surface area contributed by atoms with Gasteiger partial charge in [-0.1, -0.05) is 42.5 Å². The maximum absolute atomic E-state index is 10.8. The Kier molecular flexibility index (Phi) is 3.48. The predicted octanol–water partition coefficient (Wildman–Crippen LogP) is 4.10. The van der Waals surface area contributed by atoms with Crippen LogP contribution in [0, 0.1) is 0 Å². The van der Waals surface area contributed by atoms with Gasteiger partial charge in [-0.2, -0.15) is 0 Å². The van der Waals surface area contributed by atoms with Crippen molar-refractivity contribution in [3.05, 3.63) is 77.5 Å². The number of rotatable bonds is 3.